The Kier molecular flexibility index (Phi) is 4.94. The van der Waals surface area contributed by atoms with Crippen molar-refractivity contribution in [2.24, 2.45) is 11.7 Å². The molecule has 0 radical (unpaired) electrons. The molecule has 1 aliphatic carbocycles. The van der Waals surface area contributed by atoms with E-state index in [2.05, 4.69) is 4.74 Å². The Morgan fingerprint density at radius 3 is 2.65 bits per heavy atom. The summed E-state index contributed by atoms with van der Waals surface area (Å²) in [5.41, 5.74) is 5.87. The smallest absolute Gasteiger partial charge is 0.306 e. The molecule has 6 heteroatoms. The maximum absolute atomic E-state index is 12.1. The molecule has 17 heavy (non-hydrogen) atoms. The molecule has 1 rings (SSSR count). The molecule has 100 valence electrons. The Morgan fingerprint density at radius 2 is 2.06 bits per heavy atom. The lowest BCUT2D eigenvalue weighted by Crippen LogP contribution is -2.45. The minimum absolute atomic E-state index is 0.0869. The number of esters is 1. The second-order valence-corrected chi connectivity index (χ2v) is 7.15. The van der Waals surface area contributed by atoms with Gasteiger partial charge in [0.1, 0.15) is 0 Å². The molecule has 5 nitrogen and oxygen atoms in total. The van der Waals surface area contributed by atoms with Crippen LogP contribution in [-0.4, -0.2) is 38.5 Å². The number of hydrogen-bond acceptors (Lipinski definition) is 5. The predicted octanol–water partition coefficient (Wildman–Crippen LogP) is 0.480. The molecule has 0 aromatic heterocycles. The van der Waals surface area contributed by atoms with Crippen molar-refractivity contribution in [3.8, 4) is 0 Å². The first-order chi connectivity index (χ1) is 7.86. The maximum atomic E-state index is 12.1. The highest BCUT2D eigenvalue weighted by Gasteiger charge is 2.35. The molecule has 0 aromatic rings. The Bertz CT molecular complexity index is 366. The number of nitrogens with two attached hydrogens (primary N) is 1. The molecule has 2 N–H and O–H groups in total. The van der Waals surface area contributed by atoms with E-state index >= 15 is 0 Å². The SMILES string of the molecule is COC(=O)CCS(=O)(=O)C1CC(C)CCC1N. The monoisotopic (exact) mass is 263 g/mol. The minimum atomic E-state index is -3.30. The first-order valence-corrected chi connectivity index (χ1v) is 7.62. The molecule has 0 aliphatic heterocycles. The average molecular weight is 263 g/mol. The van der Waals surface area contributed by atoms with Crippen molar-refractivity contribution >= 4 is 15.8 Å². The Balaban J connectivity index is 2.65. The van der Waals surface area contributed by atoms with Gasteiger partial charge in [0.15, 0.2) is 9.84 Å². The summed E-state index contributed by atoms with van der Waals surface area (Å²) in [5.74, 6) is -0.274. The van der Waals surface area contributed by atoms with Crippen molar-refractivity contribution in [1.82, 2.24) is 0 Å². The minimum Gasteiger partial charge on any atom is -0.469 e. The van der Waals surface area contributed by atoms with Crippen molar-refractivity contribution in [3.05, 3.63) is 0 Å². The number of rotatable bonds is 4. The van der Waals surface area contributed by atoms with Crippen LogP contribution in [0.15, 0.2) is 0 Å². The number of sulfone groups is 1. The number of carbonyl (C=O) groups is 1. The van der Waals surface area contributed by atoms with E-state index in [-0.39, 0.29) is 18.2 Å². The third-order valence-corrected chi connectivity index (χ3v) is 5.62. The summed E-state index contributed by atoms with van der Waals surface area (Å²) in [6.07, 6.45) is 2.23. The van der Waals surface area contributed by atoms with E-state index < -0.39 is 21.1 Å². The Hall–Kier alpha value is -0.620. The molecule has 3 atom stereocenters. The second kappa shape index (κ2) is 5.82. The van der Waals surface area contributed by atoms with Crippen LogP contribution >= 0.6 is 0 Å². The van der Waals surface area contributed by atoms with Crippen molar-refractivity contribution < 1.29 is 17.9 Å². The number of ether oxygens (including phenoxy) is 1. The fourth-order valence-corrected chi connectivity index (χ4v) is 4.29. The lowest BCUT2D eigenvalue weighted by atomic mass is 9.87. The van der Waals surface area contributed by atoms with Gasteiger partial charge in [-0.15, -0.1) is 0 Å². The van der Waals surface area contributed by atoms with Crippen molar-refractivity contribution in [3.63, 3.8) is 0 Å². The molecule has 0 amide bonds. The normalized spacial score (nSPS) is 29.9. The topological polar surface area (TPSA) is 86.5 Å². The molecule has 0 heterocycles. The molecule has 0 spiro atoms. The van der Waals surface area contributed by atoms with Gasteiger partial charge in [-0.1, -0.05) is 6.92 Å². The first-order valence-electron chi connectivity index (χ1n) is 5.90. The molecular formula is C11H21NO4S. The summed E-state index contributed by atoms with van der Waals surface area (Å²) >= 11 is 0. The lowest BCUT2D eigenvalue weighted by molar-refractivity contribution is -0.140. The molecule has 0 aromatic carbocycles. The zero-order chi connectivity index (χ0) is 13.1. The van der Waals surface area contributed by atoms with E-state index in [1.807, 2.05) is 6.92 Å². The summed E-state index contributed by atoms with van der Waals surface area (Å²) in [6.45, 7) is 2.04. The van der Waals surface area contributed by atoms with Gasteiger partial charge in [0.2, 0.25) is 0 Å². The zero-order valence-electron chi connectivity index (χ0n) is 10.4. The van der Waals surface area contributed by atoms with Crippen LogP contribution in [0.1, 0.15) is 32.6 Å². The van der Waals surface area contributed by atoms with Crippen LogP contribution in [0.3, 0.4) is 0 Å². The molecule has 1 fully saturated rings. The van der Waals surface area contributed by atoms with Gasteiger partial charge in [-0.3, -0.25) is 4.79 Å². The van der Waals surface area contributed by atoms with Gasteiger partial charge in [0, 0.05) is 6.04 Å². The van der Waals surface area contributed by atoms with Gasteiger partial charge in [0.05, 0.1) is 24.5 Å². The van der Waals surface area contributed by atoms with E-state index in [1.165, 1.54) is 7.11 Å². The number of carbonyl (C=O) groups excluding carboxylic acids is 1. The van der Waals surface area contributed by atoms with Gasteiger partial charge in [-0.2, -0.15) is 0 Å². The first kappa shape index (κ1) is 14.4. The molecular weight excluding hydrogens is 242 g/mol. The highest BCUT2D eigenvalue weighted by Crippen LogP contribution is 2.28. The van der Waals surface area contributed by atoms with Crippen LogP contribution in [0.5, 0.6) is 0 Å². The predicted molar refractivity (Wildman–Crippen MR) is 65.2 cm³/mol. The van der Waals surface area contributed by atoms with Crippen LogP contribution in [0.2, 0.25) is 0 Å². The third kappa shape index (κ3) is 3.96. The van der Waals surface area contributed by atoms with Gasteiger partial charge in [-0.05, 0) is 25.2 Å². The Morgan fingerprint density at radius 1 is 1.41 bits per heavy atom. The van der Waals surface area contributed by atoms with Crippen LogP contribution in [0.25, 0.3) is 0 Å². The van der Waals surface area contributed by atoms with E-state index in [9.17, 15) is 13.2 Å². The van der Waals surface area contributed by atoms with E-state index in [0.29, 0.717) is 12.3 Å². The standard InChI is InChI=1S/C11H21NO4S/c1-8-3-4-9(12)10(7-8)17(14,15)6-5-11(13)16-2/h8-10H,3-7,12H2,1-2H3. The zero-order valence-corrected chi connectivity index (χ0v) is 11.2. The summed E-state index contributed by atoms with van der Waals surface area (Å²) in [6, 6.07) is -0.297. The molecule has 0 bridgehead atoms. The number of methoxy groups -OCH3 is 1. The van der Waals surface area contributed by atoms with Crippen molar-refractivity contribution in [2.45, 2.75) is 43.9 Å². The summed E-state index contributed by atoms with van der Waals surface area (Å²) in [7, 11) is -2.04. The van der Waals surface area contributed by atoms with E-state index in [1.54, 1.807) is 0 Å². The quantitative estimate of drug-likeness (QED) is 0.745. The van der Waals surface area contributed by atoms with E-state index in [4.69, 9.17) is 5.73 Å². The lowest BCUT2D eigenvalue weighted by Gasteiger charge is -2.31. The van der Waals surface area contributed by atoms with Crippen molar-refractivity contribution in [1.29, 1.82) is 0 Å². The van der Waals surface area contributed by atoms with Gasteiger partial charge in [-0.25, -0.2) is 8.42 Å². The van der Waals surface area contributed by atoms with Gasteiger partial charge in [0.25, 0.3) is 0 Å². The maximum Gasteiger partial charge on any atom is 0.306 e. The second-order valence-electron chi connectivity index (χ2n) is 4.81. The van der Waals surface area contributed by atoms with Crippen LogP contribution in [-0.2, 0) is 19.4 Å². The fourth-order valence-electron chi connectivity index (χ4n) is 2.24. The third-order valence-electron chi connectivity index (χ3n) is 3.38. The largest absolute Gasteiger partial charge is 0.469 e. The fraction of sp³-hybridized carbons (Fsp3) is 0.909. The highest BCUT2D eigenvalue weighted by atomic mass is 32.2. The average Bonchev–Trinajstić information content (AvgIpc) is 2.29. The van der Waals surface area contributed by atoms with Crippen molar-refractivity contribution in [2.75, 3.05) is 12.9 Å². The van der Waals surface area contributed by atoms with E-state index in [0.717, 1.165) is 12.8 Å². The molecule has 1 aliphatic rings. The highest BCUT2D eigenvalue weighted by molar-refractivity contribution is 7.92. The van der Waals surface area contributed by atoms with Gasteiger partial charge >= 0.3 is 5.97 Å². The summed E-state index contributed by atoms with van der Waals surface area (Å²) < 4.78 is 28.6. The van der Waals surface area contributed by atoms with Crippen LogP contribution in [0.4, 0.5) is 0 Å². The molecule has 1 saturated carbocycles. The van der Waals surface area contributed by atoms with Gasteiger partial charge < -0.3 is 10.5 Å². The van der Waals surface area contributed by atoms with Crippen LogP contribution < -0.4 is 5.73 Å². The number of hydrogen-bond donors (Lipinski definition) is 1. The summed E-state index contributed by atoms with van der Waals surface area (Å²) in [4.78, 5) is 11.0. The Labute approximate surface area is 103 Å². The molecule has 3 unspecified atom stereocenters. The van der Waals surface area contributed by atoms with Crippen LogP contribution in [0, 0.1) is 5.92 Å². The summed E-state index contributed by atoms with van der Waals surface area (Å²) in [5, 5.41) is -0.504. The molecule has 0 saturated heterocycles.